The summed E-state index contributed by atoms with van der Waals surface area (Å²) >= 11 is 0. The van der Waals surface area contributed by atoms with E-state index in [1.54, 1.807) is 25.1 Å². The average molecular weight is 354 g/mol. The first-order valence-corrected chi connectivity index (χ1v) is 7.68. The number of benzene rings is 1. The molecule has 0 amide bonds. The number of halogens is 2. The lowest BCUT2D eigenvalue weighted by Crippen LogP contribution is -2.05. The number of aromatic hydroxyl groups is 1. The van der Waals surface area contributed by atoms with Gasteiger partial charge in [0.25, 0.3) is 5.88 Å². The van der Waals surface area contributed by atoms with Crippen LogP contribution < -0.4 is 0 Å². The van der Waals surface area contributed by atoms with Gasteiger partial charge in [-0.05, 0) is 18.1 Å². The Balaban J connectivity index is 1.85. The summed E-state index contributed by atoms with van der Waals surface area (Å²) in [7, 11) is 0. The van der Waals surface area contributed by atoms with Gasteiger partial charge in [0.15, 0.2) is 11.5 Å². The summed E-state index contributed by atoms with van der Waals surface area (Å²) in [6, 6.07) is 5.12. The largest absolute Gasteiger partial charge is 0.491 e. The van der Waals surface area contributed by atoms with Gasteiger partial charge < -0.3 is 5.11 Å². The Morgan fingerprint density at radius 3 is 2.81 bits per heavy atom. The summed E-state index contributed by atoms with van der Waals surface area (Å²) < 4.78 is 29.0. The third kappa shape index (κ3) is 2.73. The molecule has 0 fully saturated rings. The zero-order chi connectivity index (χ0) is 18.3. The smallest absolute Gasteiger partial charge is 0.251 e. The van der Waals surface area contributed by atoms with Crippen LogP contribution in [0.5, 0.6) is 5.88 Å². The Bertz CT molecular complexity index is 1130. The number of nitrogens with zero attached hydrogens (tertiary/aromatic N) is 6. The van der Waals surface area contributed by atoms with Gasteiger partial charge in [-0.25, -0.2) is 23.9 Å². The van der Waals surface area contributed by atoms with E-state index in [0.29, 0.717) is 22.5 Å². The number of aryl methyl sites for hydroxylation is 1. The third-order valence-electron chi connectivity index (χ3n) is 3.92. The van der Waals surface area contributed by atoms with Crippen LogP contribution in [0.3, 0.4) is 0 Å². The molecule has 9 heteroatoms. The molecule has 0 spiro atoms. The highest BCUT2D eigenvalue weighted by Crippen LogP contribution is 2.22. The zero-order valence-electron chi connectivity index (χ0n) is 13.6. The lowest BCUT2D eigenvalue weighted by atomic mass is 10.1. The standard InChI is InChI=1S/C17H12F2N6O/c1-9-3-2-4-10(14(9)19)5-12-16-21-8-22-25(16)7-13(23-12)15-20-6-11(18)17(26)24-15/h2-4,6-8H,5H2,1H3,(H,20,24,26). The summed E-state index contributed by atoms with van der Waals surface area (Å²) in [4.78, 5) is 16.1. The van der Waals surface area contributed by atoms with Crippen molar-refractivity contribution in [1.82, 2.24) is 29.5 Å². The molecule has 130 valence electrons. The molecule has 3 heterocycles. The fourth-order valence-corrected chi connectivity index (χ4v) is 2.62. The normalized spacial score (nSPS) is 11.2. The summed E-state index contributed by atoms with van der Waals surface area (Å²) in [6.45, 7) is 1.68. The second-order valence-corrected chi connectivity index (χ2v) is 5.69. The first-order valence-electron chi connectivity index (χ1n) is 7.68. The number of rotatable bonds is 3. The number of aromatic nitrogens is 6. The topological polar surface area (TPSA) is 89.1 Å². The molecule has 0 saturated carbocycles. The third-order valence-corrected chi connectivity index (χ3v) is 3.92. The van der Waals surface area contributed by atoms with E-state index in [1.807, 2.05) is 0 Å². The molecular formula is C17H12F2N6O. The van der Waals surface area contributed by atoms with E-state index in [9.17, 15) is 13.9 Å². The predicted molar refractivity (Wildman–Crippen MR) is 87.4 cm³/mol. The van der Waals surface area contributed by atoms with Crippen molar-refractivity contribution in [2.45, 2.75) is 13.3 Å². The Hall–Kier alpha value is -3.49. The van der Waals surface area contributed by atoms with Gasteiger partial charge in [0.2, 0.25) is 5.82 Å². The van der Waals surface area contributed by atoms with Gasteiger partial charge >= 0.3 is 0 Å². The molecule has 0 aliphatic heterocycles. The molecule has 0 atom stereocenters. The Morgan fingerprint density at radius 1 is 1.15 bits per heavy atom. The molecule has 1 N–H and O–H groups in total. The maximum atomic E-state index is 14.4. The van der Waals surface area contributed by atoms with E-state index in [0.717, 1.165) is 6.20 Å². The Morgan fingerprint density at radius 2 is 2.00 bits per heavy atom. The van der Waals surface area contributed by atoms with Crippen molar-refractivity contribution >= 4 is 5.65 Å². The predicted octanol–water partition coefficient (Wildman–Crippen LogP) is 2.46. The minimum absolute atomic E-state index is 0.0206. The summed E-state index contributed by atoms with van der Waals surface area (Å²) in [5.74, 6) is -2.00. The highest BCUT2D eigenvalue weighted by atomic mass is 19.1. The molecule has 0 saturated heterocycles. The summed E-state index contributed by atoms with van der Waals surface area (Å²) in [6.07, 6.45) is 3.88. The van der Waals surface area contributed by atoms with Crippen LogP contribution >= 0.6 is 0 Å². The quantitative estimate of drug-likeness (QED) is 0.608. The van der Waals surface area contributed by atoms with E-state index >= 15 is 0 Å². The van der Waals surface area contributed by atoms with E-state index in [-0.39, 0.29) is 23.8 Å². The zero-order valence-corrected chi connectivity index (χ0v) is 13.6. The van der Waals surface area contributed by atoms with Crippen molar-refractivity contribution in [2.24, 2.45) is 0 Å². The fourth-order valence-electron chi connectivity index (χ4n) is 2.62. The molecule has 3 aromatic heterocycles. The molecule has 0 radical (unpaired) electrons. The van der Waals surface area contributed by atoms with E-state index < -0.39 is 11.7 Å². The minimum atomic E-state index is -0.933. The van der Waals surface area contributed by atoms with Crippen LogP contribution in [0, 0.1) is 18.6 Å². The molecule has 0 bridgehead atoms. The maximum absolute atomic E-state index is 14.4. The van der Waals surface area contributed by atoms with Gasteiger partial charge in [0.1, 0.15) is 17.8 Å². The molecule has 26 heavy (non-hydrogen) atoms. The highest BCUT2D eigenvalue weighted by Gasteiger charge is 2.16. The van der Waals surface area contributed by atoms with Gasteiger partial charge in [-0.2, -0.15) is 14.5 Å². The molecule has 4 rings (SSSR count). The van der Waals surface area contributed by atoms with E-state index in [1.165, 1.54) is 17.0 Å². The van der Waals surface area contributed by atoms with Gasteiger partial charge in [-0.1, -0.05) is 18.2 Å². The molecule has 7 nitrogen and oxygen atoms in total. The average Bonchev–Trinajstić information content (AvgIpc) is 3.10. The van der Waals surface area contributed by atoms with Crippen LogP contribution in [0.1, 0.15) is 16.8 Å². The van der Waals surface area contributed by atoms with Crippen LogP contribution in [0.4, 0.5) is 8.78 Å². The molecule has 0 aliphatic carbocycles. The summed E-state index contributed by atoms with van der Waals surface area (Å²) in [5, 5.41) is 13.5. The molecule has 4 aromatic rings. The number of hydrogen-bond acceptors (Lipinski definition) is 6. The van der Waals surface area contributed by atoms with Crippen molar-refractivity contribution in [3.05, 3.63) is 65.4 Å². The Labute approximate surface area is 146 Å². The van der Waals surface area contributed by atoms with Crippen LogP contribution in [-0.2, 0) is 6.42 Å². The molecule has 0 unspecified atom stereocenters. The van der Waals surface area contributed by atoms with E-state index in [4.69, 9.17) is 0 Å². The number of fused-ring (bicyclic) bond motifs is 1. The lowest BCUT2D eigenvalue weighted by Gasteiger charge is -2.08. The number of hydrogen-bond donors (Lipinski definition) is 1. The molecule has 0 aliphatic rings. The van der Waals surface area contributed by atoms with Crippen LogP contribution in [0.25, 0.3) is 17.2 Å². The Kier molecular flexibility index (Phi) is 3.76. The minimum Gasteiger partial charge on any atom is -0.491 e. The van der Waals surface area contributed by atoms with Crippen molar-refractivity contribution < 1.29 is 13.9 Å². The van der Waals surface area contributed by atoms with E-state index in [2.05, 4.69) is 25.0 Å². The van der Waals surface area contributed by atoms with Crippen LogP contribution in [0.2, 0.25) is 0 Å². The van der Waals surface area contributed by atoms with Crippen molar-refractivity contribution in [1.29, 1.82) is 0 Å². The van der Waals surface area contributed by atoms with Gasteiger partial charge in [-0.15, -0.1) is 0 Å². The van der Waals surface area contributed by atoms with Gasteiger partial charge in [0, 0.05) is 6.42 Å². The molecule has 1 aromatic carbocycles. The van der Waals surface area contributed by atoms with Gasteiger partial charge in [-0.3, -0.25) is 0 Å². The molecular weight excluding hydrogens is 342 g/mol. The lowest BCUT2D eigenvalue weighted by molar-refractivity contribution is 0.409. The highest BCUT2D eigenvalue weighted by molar-refractivity contribution is 5.55. The first-order chi connectivity index (χ1) is 12.5. The monoisotopic (exact) mass is 354 g/mol. The fraction of sp³-hybridized carbons (Fsp3) is 0.118. The maximum Gasteiger partial charge on any atom is 0.251 e. The van der Waals surface area contributed by atoms with Gasteiger partial charge in [0.05, 0.1) is 18.1 Å². The first kappa shape index (κ1) is 16.0. The van der Waals surface area contributed by atoms with Crippen LogP contribution in [-0.4, -0.2) is 34.7 Å². The van der Waals surface area contributed by atoms with Crippen molar-refractivity contribution in [2.75, 3.05) is 0 Å². The second kappa shape index (κ2) is 6.10. The van der Waals surface area contributed by atoms with Crippen molar-refractivity contribution in [3.63, 3.8) is 0 Å². The van der Waals surface area contributed by atoms with Crippen molar-refractivity contribution in [3.8, 4) is 17.4 Å². The summed E-state index contributed by atoms with van der Waals surface area (Å²) in [5.41, 5.74) is 2.16. The SMILES string of the molecule is Cc1cccc(Cc2nc(-c3ncc(F)c(O)n3)cn3ncnc23)c1F. The van der Waals surface area contributed by atoms with Crippen LogP contribution in [0.15, 0.2) is 36.9 Å². The second-order valence-electron chi connectivity index (χ2n) is 5.69.